The van der Waals surface area contributed by atoms with Crippen molar-refractivity contribution >= 4 is 35.0 Å². The van der Waals surface area contributed by atoms with E-state index in [4.69, 9.17) is 27.9 Å². The molecule has 0 saturated carbocycles. The number of benzene rings is 2. The maximum absolute atomic E-state index is 13.1. The van der Waals surface area contributed by atoms with Crippen molar-refractivity contribution in [3.8, 4) is 5.75 Å². The van der Waals surface area contributed by atoms with Crippen LogP contribution >= 0.6 is 23.2 Å². The Morgan fingerprint density at radius 1 is 1.06 bits per heavy atom. The van der Waals surface area contributed by atoms with Crippen LogP contribution in [-0.4, -0.2) is 35.9 Å². The maximum atomic E-state index is 13.1. The first kappa shape index (κ1) is 25.0. The second kappa shape index (κ2) is 10.9. The number of hydrogen-bond acceptors (Lipinski definition) is 3. The number of nitrogens with zero attached hydrogens (tertiary/aromatic N) is 1. The van der Waals surface area contributed by atoms with Gasteiger partial charge in [-0.3, -0.25) is 9.59 Å². The zero-order valence-corrected chi connectivity index (χ0v) is 20.2. The van der Waals surface area contributed by atoms with E-state index < -0.39 is 6.04 Å². The highest BCUT2D eigenvalue weighted by molar-refractivity contribution is 6.36. The molecular weight excluding hydrogens is 435 g/mol. The number of hydrogen-bond donors (Lipinski definition) is 1. The zero-order valence-electron chi connectivity index (χ0n) is 18.7. The van der Waals surface area contributed by atoms with E-state index in [0.717, 1.165) is 0 Å². The summed E-state index contributed by atoms with van der Waals surface area (Å²) < 4.78 is 5.72. The summed E-state index contributed by atoms with van der Waals surface area (Å²) >= 11 is 12.6. The third kappa shape index (κ3) is 6.88. The molecular formula is C24H30Cl2N2O3. The summed E-state index contributed by atoms with van der Waals surface area (Å²) in [6.07, 6.45) is 0. The fourth-order valence-corrected chi connectivity index (χ4v) is 3.55. The zero-order chi connectivity index (χ0) is 23.2. The maximum Gasteiger partial charge on any atom is 0.261 e. The van der Waals surface area contributed by atoms with E-state index in [-0.39, 0.29) is 30.4 Å². The van der Waals surface area contributed by atoms with Crippen LogP contribution in [0.25, 0.3) is 0 Å². The molecule has 0 spiro atoms. The summed E-state index contributed by atoms with van der Waals surface area (Å²) in [7, 11) is 0. The largest absolute Gasteiger partial charge is 0.484 e. The number of likely N-dealkylation sites (N-methyl/N-ethyl adjacent to an activating group) is 1. The number of amides is 2. The van der Waals surface area contributed by atoms with Gasteiger partial charge < -0.3 is 15.0 Å². The van der Waals surface area contributed by atoms with Crippen LogP contribution in [0.4, 0.5) is 0 Å². The second-order valence-electron chi connectivity index (χ2n) is 8.36. The lowest BCUT2D eigenvalue weighted by molar-refractivity contribution is -0.142. The normalized spacial score (nSPS) is 12.2. The molecule has 0 bridgehead atoms. The predicted molar refractivity (Wildman–Crippen MR) is 126 cm³/mol. The lowest BCUT2D eigenvalue weighted by atomic mass is 9.87. The fourth-order valence-electron chi connectivity index (χ4n) is 3.04. The minimum absolute atomic E-state index is 0.0292. The van der Waals surface area contributed by atoms with Crippen molar-refractivity contribution < 1.29 is 14.3 Å². The van der Waals surface area contributed by atoms with Gasteiger partial charge in [-0.2, -0.15) is 0 Å². The van der Waals surface area contributed by atoms with Gasteiger partial charge in [-0.25, -0.2) is 0 Å². The van der Waals surface area contributed by atoms with E-state index >= 15 is 0 Å². The highest BCUT2D eigenvalue weighted by Crippen LogP contribution is 2.27. The molecule has 2 amide bonds. The summed E-state index contributed by atoms with van der Waals surface area (Å²) in [6, 6.07) is 12.1. The topological polar surface area (TPSA) is 58.6 Å². The van der Waals surface area contributed by atoms with Crippen molar-refractivity contribution in [1.29, 1.82) is 0 Å². The highest BCUT2D eigenvalue weighted by Gasteiger charge is 2.27. The SMILES string of the molecule is CCNC(=O)[C@H](C)N(Cc1c(Cl)cccc1Cl)C(=O)COc1ccc(C(C)(C)C)cc1. The van der Waals surface area contributed by atoms with Gasteiger partial charge in [0.2, 0.25) is 5.91 Å². The first-order valence-electron chi connectivity index (χ1n) is 10.3. The standard InChI is InChI=1S/C24H30Cl2N2O3/c1-6-27-23(30)16(2)28(14-19-20(25)8-7-9-21(19)26)22(29)15-31-18-12-10-17(11-13-18)24(3,4)5/h7-13,16H,6,14-15H2,1-5H3,(H,27,30)/t16-/m0/s1. The minimum Gasteiger partial charge on any atom is -0.484 e. The van der Waals surface area contributed by atoms with Crippen LogP contribution in [0.3, 0.4) is 0 Å². The monoisotopic (exact) mass is 464 g/mol. The van der Waals surface area contributed by atoms with Crippen LogP contribution in [0.2, 0.25) is 10.0 Å². The Morgan fingerprint density at radius 2 is 1.65 bits per heavy atom. The molecule has 0 aliphatic carbocycles. The van der Waals surface area contributed by atoms with E-state index in [2.05, 4.69) is 26.1 Å². The van der Waals surface area contributed by atoms with E-state index in [1.165, 1.54) is 10.5 Å². The number of rotatable bonds is 8. The molecule has 0 aliphatic rings. The first-order valence-corrected chi connectivity index (χ1v) is 11.0. The summed E-state index contributed by atoms with van der Waals surface area (Å²) in [6.45, 7) is 10.3. The van der Waals surface area contributed by atoms with Crippen molar-refractivity contribution in [2.75, 3.05) is 13.2 Å². The van der Waals surface area contributed by atoms with Gasteiger partial charge in [-0.05, 0) is 49.1 Å². The molecule has 0 unspecified atom stereocenters. The molecule has 0 heterocycles. The molecule has 7 heteroatoms. The number of halogens is 2. The minimum atomic E-state index is -0.716. The van der Waals surface area contributed by atoms with E-state index in [0.29, 0.717) is 27.9 Å². The molecule has 5 nitrogen and oxygen atoms in total. The van der Waals surface area contributed by atoms with Crippen LogP contribution in [0.15, 0.2) is 42.5 Å². The van der Waals surface area contributed by atoms with Crippen LogP contribution < -0.4 is 10.1 Å². The number of ether oxygens (including phenoxy) is 1. The fraction of sp³-hybridized carbons (Fsp3) is 0.417. The molecule has 31 heavy (non-hydrogen) atoms. The molecule has 2 aromatic carbocycles. The molecule has 1 N–H and O–H groups in total. The average molecular weight is 465 g/mol. The lowest BCUT2D eigenvalue weighted by Crippen LogP contribution is -2.49. The van der Waals surface area contributed by atoms with Crippen LogP contribution in [-0.2, 0) is 21.5 Å². The van der Waals surface area contributed by atoms with Gasteiger partial charge in [-0.1, -0.05) is 62.2 Å². The van der Waals surface area contributed by atoms with Crippen molar-refractivity contribution in [3.05, 3.63) is 63.6 Å². The molecule has 0 saturated heterocycles. The van der Waals surface area contributed by atoms with Gasteiger partial charge in [0.25, 0.3) is 5.91 Å². The Kier molecular flexibility index (Phi) is 8.78. The Morgan fingerprint density at radius 3 is 2.16 bits per heavy atom. The smallest absolute Gasteiger partial charge is 0.261 e. The third-order valence-corrected chi connectivity index (χ3v) is 5.70. The van der Waals surface area contributed by atoms with Crippen LogP contribution in [0.1, 0.15) is 45.7 Å². The second-order valence-corrected chi connectivity index (χ2v) is 9.17. The Bertz CT molecular complexity index is 888. The highest BCUT2D eigenvalue weighted by atomic mass is 35.5. The summed E-state index contributed by atoms with van der Waals surface area (Å²) in [5, 5.41) is 3.62. The van der Waals surface area contributed by atoms with Crippen molar-refractivity contribution in [1.82, 2.24) is 10.2 Å². The lowest BCUT2D eigenvalue weighted by Gasteiger charge is -2.29. The number of carbonyl (C=O) groups excluding carboxylic acids is 2. The third-order valence-electron chi connectivity index (χ3n) is 4.99. The quantitative estimate of drug-likeness (QED) is 0.582. The van der Waals surface area contributed by atoms with Crippen molar-refractivity contribution in [3.63, 3.8) is 0 Å². The summed E-state index contributed by atoms with van der Waals surface area (Å²) in [5.41, 5.74) is 1.79. The Balaban J connectivity index is 2.18. The van der Waals surface area contributed by atoms with Gasteiger partial charge in [0.05, 0.1) is 0 Å². The predicted octanol–water partition coefficient (Wildman–Crippen LogP) is 5.22. The van der Waals surface area contributed by atoms with Gasteiger partial charge in [0, 0.05) is 28.7 Å². The summed E-state index contributed by atoms with van der Waals surface area (Å²) in [5.74, 6) is -0.00840. The van der Waals surface area contributed by atoms with Crippen molar-refractivity contribution in [2.45, 2.75) is 52.6 Å². The van der Waals surface area contributed by atoms with Gasteiger partial charge >= 0.3 is 0 Å². The number of carbonyl (C=O) groups is 2. The molecule has 0 radical (unpaired) electrons. The first-order chi connectivity index (χ1) is 14.5. The average Bonchev–Trinajstić information content (AvgIpc) is 2.71. The van der Waals surface area contributed by atoms with E-state index in [1.807, 2.05) is 31.2 Å². The van der Waals surface area contributed by atoms with Gasteiger partial charge in [-0.15, -0.1) is 0 Å². The van der Waals surface area contributed by atoms with Gasteiger partial charge in [0.1, 0.15) is 11.8 Å². The van der Waals surface area contributed by atoms with Crippen LogP contribution in [0, 0.1) is 0 Å². The van der Waals surface area contributed by atoms with E-state index in [1.54, 1.807) is 25.1 Å². The molecule has 168 valence electrons. The van der Waals surface area contributed by atoms with Crippen LogP contribution in [0.5, 0.6) is 5.75 Å². The molecule has 0 aliphatic heterocycles. The Labute approximate surface area is 194 Å². The molecule has 1 atom stereocenters. The molecule has 2 rings (SSSR count). The molecule has 0 fully saturated rings. The molecule has 2 aromatic rings. The van der Waals surface area contributed by atoms with Gasteiger partial charge in [0.15, 0.2) is 6.61 Å². The van der Waals surface area contributed by atoms with E-state index in [9.17, 15) is 9.59 Å². The Hall–Kier alpha value is -2.24. The summed E-state index contributed by atoms with van der Waals surface area (Å²) in [4.78, 5) is 26.9. The molecule has 0 aromatic heterocycles. The number of nitrogens with one attached hydrogen (secondary N) is 1. The van der Waals surface area contributed by atoms with Crippen molar-refractivity contribution in [2.24, 2.45) is 0 Å².